The van der Waals surface area contributed by atoms with E-state index in [0.717, 1.165) is 19.6 Å². The molecule has 0 saturated carbocycles. The van der Waals surface area contributed by atoms with Gasteiger partial charge in [-0.2, -0.15) is 0 Å². The fourth-order valence-corrected chi connectivity index (χ4v) is 2.70. The lowest BCUT2D eigenvalue weighted by Gasteiger charge is -2.29. The lowest BCUT2D eigenvalue weighted by Crippen LogP contribution is -2.47. The highest BCUT2D eigenvalue weighted by molar-refractivity contribution is 5.81. The van der Waals surface area contributed by atoms with Crippen LogP contribution in [0.2, 0.25) is 0 Å². The molecular formula is C16H32N2O. The first-order valence-corrected chi connectivity index (χ1v) is 8.28. The van der Waals surface area contributed by atoms with Crippen LogP contribution >= 0.6 is 0 Å². The molecule has 3 nitrogen and oxygen atoms in total. The number of nitrogens with one attached hydrogen (secondary N) is 1. The van der Waals surface area contributed by atoms with Crippen LogP contribution in [0, 0.1) is 0 Å². The van der Waals surface area contributed by atoms with Gasteiger partial charge in [0.2, 0.25) is 5.91 Å². The maximum Gasteiger partial charge on any atom is 0.239 e. The van der Waals surface area contributed by atoms with Crippen LogP contribution in [0.1, 0.15) is 71.6 Å². The van der Waals surface area contributed by atoms with E-state index in [1.165, 1.54) is 57.8 Å². The van der Waals surface area contributed by atoms with Crippen LogP contribution in [0.3, 0.4) is 0 Å². The molecule has 1 aliphatic heterocycles. The number of unbranched alkanes of at least 4 members (excludes halogenated alkanes) is 5. The second-order valence-electron chi connectivity index (χ2n) is 5.83. The maximum absolute atomic E-state index is 12.2. The van der Waals surface area contributed by atoms with Gasteiger partial charge in [-0.25, -0.2) is 0 Å². The number of piperidine rings is 1. The summed E-state index contributed by atoms with van der Waals surface area (Å²) in [7, 11) is 0. The molecule has 1 heterocycles. The van der Waals surface area contributed by atoms with E-state index in [-0.39, 0.29) is 6.04 Å². The summed E-state index contributed by atoms with van der Waals surface area (Å²) in [5, 5.41) is 3.38. The van der Waals surface area contributed by atoms with Crippen molar-refractivity contribution >= 4 is 5.91 Å². The number of rotatable bonds is 9. The molecule has 1 N–H and O–H groups in total. The number of carbonyl (C=O) groups excluding carboxylic acids is 1. The topological polar surface area (TPSA) is 32.3 Å². The summed E-state index contributed by atoms with van der Waals surface area (Å²) in [5.74, 6) is 0.297. The standard InChI is InChI=1S/C16H32N2O/c1-3-4-5-6-7-9-12-17-15(2)16(19)18-13-10-8-11-14-18/h15,17H,3-14H2,1-2H3. The van der Waals surface area contributed by atoms with Crippen molar-refractivity contribution in [2.75, 3.05) is 19.6 Å². The second-order valence-corrected chi connectivity index (χ2v) is 5.83. The summed E-state index contributed by atoms with van der Waals surface area (Å²) < 4.78 is 0. The van der Waals surface area contributed by atoms with E-state index >= 15 is 0 Å². The van der Waals surface area contributed by atoms with E-state index in [2.05, 4.69) is 12.2 Å². The lowest BCUT2D eigenvalue weighted by atomic mass is 10.1. The third kappa shape index (κ3) is 6.95. The molecule has 112 valence electrons. The van der Waals surface area contributed by atoms with Crippen molar-refractivity contribution < 1.29 is 4.79 Å². The number of hydrogen-bond donors (Lipinski definition) is 1. The SMILES string of the molecule is CCCCCCCCNC(C)C(=O)N1CCCCC1. The molecule has 1 atom stereocenters. The molecule has 19 heavy (non-hydrogen) atoms. The molecule has 1 unspecified atom stereocenters. The zero-order chi connectivity index (χ0) is 13.9. The molecule has 1 saturated heterocycles. The Labute approximate surface area is 119 Å². The van der Waals surface area contributed by atoms with Crippen LogP contribution in [-0.2, 0) is 4.79 Å². The Morgan fingerprint density at radius 2 is 1.68 bits per heavy atom. The van der Waals surface area contributed by atoms with Gasteiger partial charge < -0.3 is 10.2 Å². The Balaban J connectivity index is 2.03. The molecule has 0 aromatic heterocycles. The van der Waals surface area contributed by atoms with Gasteiger partial charge in [0, 0.05) is 13.1 Å². The molecule has 0 bridgehead atoms. The monoisotopic (exact) mass is 268 g/mol. The van der Waals surface area contributed by atoms with Crippen molar-refractivity contribution in [2.45, 2.75) is 77.7 Å². The highest BCUT2D eigenvalue weighted by Gasteiger charge is 2.21. The normalized spacial score (nSPS) is 17.5. The molecule has 0 aliphatic carbocycles. The smallest absolute Gasteiger partial charge is 0.239 e. The molecule has 3 heteroatoms. The Bertz CT molecular complexity index is 237. The van der Waals surface area contributed by atoms with E-state index in [0.29, 0.717) is 5.91 Å². The van der Waals surface area contributed by atoms with Crippen molar-refractivity contribution in [2.24, 2.45) is 0 Å². The van der Waals surface area contributed by atoms with E-state index in [9.17, 15) is 4.79 Å². The largest absolute Gasteiger partial charge is 0.341 e. The quantitative estimate of drug-likeness (QED) is 0.651. The Kier molecular flexibility index (Phi) is 8.89. The molecule has 0 aromatic carbocycles. The molecule has 1 amide bonds. The average Bonchev–Trinajstić information content (AvgIpc) is 2.46. The van der Waals surface area contributed by atoms with Crippen molar-refractivity contribution in [3.63, 3.8) is 0 Å². The fourth-order valence-electron chi connectivity index (χ4n) is 2.70. The summed E-state index contributed by atoms with van der Waals surface area (Å²) in [4.78, 5) is 14.2. The van der Waals surface area contributed by atoms with E-state index in [4.69, 9.17) is 0 Å². The van der Waals surface area contributed by atoms with E-state index in [1.807, 2.05) is 11.8 Å². The van der Waals surface area contributed by atoms with Gasteiger partial charge in [0.1, 0.15) is 0 Å². The van der Waals surface area contributed by atoms with E-state index in [1.54, 1.807) is 0 Å². The minimum atomic E-state index is -0.00579. The predicted octanol–water partition coefficient (Wildman–Crippen LogP) is 3.34. The lowest BCUT2D eigenvalue weighted by molar-refractivity contribution is -0.133. The highest BCUT2D eigenvalue weighted by Crippen LogP contribution is 2.10. The number of carbonyl (C=O) groups is 1. The summed E-state index contributed by atoms with van der Waals surface area (Å²) in [6.45, 7) is 7.15. The third-order valence-electron chi connectivity index (χ3n) is 4.02. The van der Waals surface area contributed by atoms with Crippen LogP contribution in [-0.4, -0.2) is 36.5 Å². The van der Waals surface area contributed by atoms with Crippen molar-refractivity contribution in [1.29, 1.82) is 0 Å². The van der Waals surface area contributed by atoms with Gasteiger partial charge in [0.05, 0.1) is 6.04 Å². The minimum absolute atomic E-state index is 0.00579. The van der Waals surface area contributed by atoms with Gasteiger partial charge in [0.15, 0.2) is 0 Å². The van der Waals surface area contributed by atoms with Crippen LogP contribution in [0.15, 0.2) is 0 Å². The zero-order valence-corrected chi connectivity index (χ0v) is 12.9. The first kappa shape index (κ1) is 16.5. The summed E-state index contributed by atoms with van der Waals surface area (Å²) in [6, 6.07) is -0.00579. The zero-order valence-electron chi connectivity index (χ0n) is 12.9. The summed E-state index contributed by atoms with van der Waals surface area (Å²) in [5.41, 5.74) is 0. The Morgan fingerprint density at radius 3 is 2.37 bits per heavy atom. The Morgan fingerprint density at radius 1 is 1.05 bits per heavy atom. The predicted molar refractivity (Wildman–Crippen MR) is 81.3 cm³/mol. The molecule has 0 aromatic rings. The molecule has 1 aliphatic rings. The summed E-state index contributed by atoms with van der Waals surface area (Å²) in [6.07, 6.45) is 11.5. The van der Waals surface area contributed by atoms with Gasteiger partial charge in [-0.15, -0.1) is 0 Å². The Hall–Kier alpha value is -0.570. The minimum Gasteiger partial charge on any atom is -0.341 e. The van der Waals surface area contributed by atoms with Gasteiger partial charge in [-0.3, -0.25) is 4.79 Å². The van der Waals surface area contributed by atoms with Gasteiger partial charge >= 0.3 is 0 Å². The number of nitrogens with zero attached hydrogens (tertiary/aromatic N) is 1. The maximum atomic E-state index is 12.2. The van der Waals surface area contributed by atoms with Gasteiger partial charge in [-0.05, 0) is 39.2 Å². The van der Waals surface area contributed by atoms with Crippen LogP contribution in [0.4, 0.5) is 0 Å². The van der Waals surface area contributed by atoms with Crippen molar-refractivity contribution in [3.05, 3.63) is 0 Å². The van der Waals surface area contributed by atoms with Gasteiger partial charge in [-0.1, -0.05) is 39.0 Å². The van der Waals surface area contributed by atoms with Crippen LogP contribution in [0.5, 0.6) is 0 Å². The first-order valence-electron chi connectivity index (χ1n) is 8.28. The average molecular weight is 268 g/mol. The first-order chi connectivity index (χ1) is 9.25. The van der Waals surface area contributed by atoms with Crippen LogP contribution < -0.4 is 5.32 Å². The van der Waals surface area contributed by atoms with Crippen LogP contribution in [0.25, 0.3) is 0 Å². The molecular weight excluding hydrogens is 236 g/mol. The molecule has 0 radical (unpaired) electrons. The van der Waals surface area contributed by atoms with Gasteiger partial charge in [0.25, 0.3) is 0 Å². The fraction of sp³-hybridized carbons (Fsp3) is 0.938. The number of amides is 1. The second kappa shape index (κ2) is 10.2. The summed E-state index contributed by atoms with van der Waals surface area (Å²) >= 11 is 0. The molecule has 0 spiro atoms. The third-order valence-corrected chi connectivity index (χ3v) is 4.02. The highest BCUT2D eigenvalue weighted by atomic mass is 16.2. The number of likely N-dealkylation sites (tertiary alicyclic amines) is 1. The van der Waals surface area contributed by atoms with Crippen molar-refractivity contribution in [3.8, 4) is 0 Å². The molecule has 1 rings (SSSR count). The number of hydrogen-bond acceptors (Lipinski definition) is 2. The molecule has 1 fully saturated rings. The van der Waals surface area contributed by atoms with Crippen molar-refractivity contribution in [1.82, 2.24) is 10.2 Å². The van der Waals surface area contributed by atoms with E-state index < -0.39 is 0 Å².